The number of hydrogen-bond donors (Lipinski definition) is 2. The van der Waals surface area contributed by atoms with Crippen LogP contribution >= 0.6 is 0 Å². The van der Waals surface area contributed by atoms with Crippen molar-refractivity contribution in [3.8, 4) is 0 Å². The molecule has 112 valence electrons. The Morgan fingerprint density at radius 3 is 2.55 bits per heavy atom. The molecule has 1 aromatic carbocycles. The molecule has 20 heavy (non-hydrogen) atoms. The van der Waals surface area contributed by atoms with Crippen molar-refractivity contribution in [1.29, 1.82) is 0 Å². The van der Waals surface area contributed by atoms with Gasteiger partial charge in [-0.15, -0.1) is 0 Å². The molecule has 0 saturated carbocycles. The van der Waals surface area contributed by atoms with Crippen molar-refractivity contribution < 1.29 is 21.2 Å². The van der Waals surface area contributed by atoms with Gasteiger partial charge in [0, 0.05) is 18.8 Å². The summed E-state index contributed by atoms with van der Waals surface area (Å²) in [6.45, 7) is 1.14. The van der Waals surface area contributed by atoms with Gasteiger partial charge in [0.15, 0.2) is 9.84 Å². The summed E-state index contributed by atoms with van der Waals surface area (Å²) in [5.74, 6) is -0.976. The molecule has 1 heterocycles. The highest BCUT2D eigenvalue weighted by atomic mass is 32.2. The van der Waals surface area contributed by atoms with Crippen LogP contribution in [0.2, 0.25) is 0 Å². The van der Waals surface area contributed by atoms with Crippen molar-refractivity contribution >= 4 is 19.9 Å². The second-order valence-electron chi connectivity index (χ2n) is 4.68. The third-order valence-electron chi connectivity index (χ3n) is 3.00. The lowest BCUT2D eigenvalue weighted by Crippen LogP contribution is -2.36. The van der Waals surface area contributed by atoms with Crippen molar-refractivity contribution in [2.75, 3.05) is 19.3 Å². The summed E-state index contributed by atoms with van der Waals surface area (Å²) in [5, 5.41) is 2.98. The summed E-state index contributed by atoms with van der Waals surface area (Å²) < 4.78 is 63.1. The van der Waals surface area contributed by atoms with E-state index < -0.39 is 30.6 Å². The number of hydrogen-bond acceptors (Lipinski definition) is 5. The smallest absolute Gasteiger partial charge is 0.243 e. The monoisotopic (exact) mass is 322 g/mol. The molecular formula is C11H15FN2O4S2. The third-order valence-corrected chi connectivity index (χ3v) is 5.65. The topological polar surface area (TPSA) is 92.3 Å². The van der Waals surface area contributed by atoms with E-state index >= 15 is 0 Å². The van der Waals surface area contributed by atoms with Gasteiger partial charge in [0.05, 0.1) is 4.90 Å². The summed E-state index contributed by atoms with van der Waals surface area (Å²) in [5.41, 5.74) is 0. The fraction of sp³-hybridized carbons (Fsp3) is 0.455. The lowest BCUT2D eigenvalue weighted by atomic mass is 10.3. The minimum absolute atomic E-state index is 0.233. The largest absolute Gasteiger partial charge is 0.315 e. The molecule has 1 aliphatic rings. The molecule has 2 rings (SSSR count). The molecule has 0 amide bonds. The van der Waals surface area contributed by atoms with Gasteiger partial charge in [0.1, 0.15) is 10.7 Å². The molecule has 1 fully saturated rings. The Labute approximate surface area is 117 Å². The molecule has 0 unspecified atom stereocenters. The second kappa shape index (κ2) is 5.40. The molecule has 0 aliphatic carbocycles. The van der Waals surface area contributed by atoms with Crippen molar-refractivity contribution in [3.05, 3.63) is 24.0 Å². The average molecular weight is 322 g/mol. The number of benzene rings is 1. The van der Waals surface area contributed by atoms with Crippen molar-refractivity contribution in [1.82, 2.24) is 10.0 Å². The molecule has 6 nitrogen and oxygen atoms in total. The summed E-state index contributed by atoms with van der Waals surface area (Å²) in [7, 11) is -7.69. The minimum atomic E-state index is -4.09. The highest BCUT2D eigenvalue weighted by molar-refractivity contribution is 7.91. The van der Waals surface area contributed by atoms with Gasteiger partial charge < -0.3 is 5.32 Å². The maximum absolute atomic E-state index is 13.7. The van der Waals surface area contributed by atoms with Crippen LogP contribution in [0.5, 0.6) is 0 Å². The van der Waals surface area contributed by atoms with E-state index in [9.17, 15) is 21.2 Å². The zero-order valence-electron chi connectivity index (χ0n) is 10.8. The Balaban J connectivity index is 2.40. The number of nitrogens with one attached hydrogen (secondary N) is 2. The first-order valence-electron chi connectivity index (χ1n) is 5.93. The van der Waals surface area contributed by atoms with E-state index in [0.717, 1.165) is 24.5 Å². The van der Waals surface area contributed by atoms with Crippen LogP contribution in [0.4, 0.5) is 4.39 Å². The van der Waals surface area contributed by atoms with E-state index in [4.69, 9.17) is 0 Å². The lowest BCUT2D eigenvalue weighted by molar-refractivity contribution is 0.541. The van der Waals surface area contributed by atoms with Crippen molar-refractivity contribution in [2.24, 2.45) is 0 Å². The molecule has 1 aliphatic heterocycles. The number of rotatable bonds is 4. The van der Waals surface area contributed by atoms with E-state index in [2.05, 4.69) is 10.0 Å². The summed E-state index contributed by atoms with van der Waals surface area (Å²) in [6.07, 6.45) is 1.54. The second-order valence-corrected chi connectivity index (χ2v) is 8.37. The standard InChI is InChI=1S/C11H15FN2O4S2/c1-19(15,16)9-2-3-10(12)11(6-9)20(17,18)14-8-4-5-13-7-8/h2-3,6,8,13-14H,4-5,7H2,1H3/t8-/m1/s1. The average Bonchev–Trinajstić information content (AvgIpc) is 2.79. The van der Waals surface area contributed by atoms with Crippen LogP contribution < -0.4 is 10.0 Å². The summed E-state index contributed by atoms with van der Waals surface area (Å²) >= 11 is 0. The first-order valence-corrected chi connectivity index (χ1v) is 9.30. The maximum Gasteiger partial charge on any atom is 0.243 e. The van der Waals surface area contributed by atoms with Crippen LogP contribution in [-0.2, 0) is 19.9 Å². The molecule has 2 N–H and O–H groups in total. The first kappa shape index (κ1) is 15.4. The molecule has 0 bridgehead atoms. The predicted octanol–water partition coefficient (Wildman–Crippen LogP) is -0.131. The molecule has 0 aromatic heterocycles. The van der Waals surface area contributed by atoms with Gasteiger partial charge in [-0.05, 0) is 31.2 Å². The van der Waals surface area contributed by atoms with Crippen molar-refractivity contribution in [3.63, 3.8) is 0 Å². The molecule has 0 spiro atoms. The molecular weight excluding hydrogens is 307 g/mol. The van der Waals surface area contributed by atoms with Gasteiger partial charge in [-0.1, -0.05) is 0 Å². The Morgan fingerprint density at radius 2 is 2.00 bits per heavy atom. The van der Waals surface area contributed by atoms with Gasteiger partial charge in [-0.2, -0.15) is 0 Å². The number of halogens is 1. The van der Waals surface area contributed by atoms with Gasteiger partial charge in [-0.3, -0.25) is 0 Å². The molecule has 1 aromatic rings. The normalized spacial score (nSPS) is 20.2. The summed E-state index contributed by atoms with van der Waals surface area (Å²) in [6, 6.07) is 2.41. The van der Waals surface area contributed by atoms with Crippen LogP contribution in [-0.4, -0.2) is 42.2 Å². The SMILES string of the molecule is CS(=O)(=O)c1ccc(F)c(S(=O)(=O)N[C@@H]2CCNC2)c1. The number of sulfone groups is 1. The van der Waals surface area contributed by atoms with E-state index in [1.54, 1.807) is 0 Å². The Bertz CT molecular complexity index is 710. The van der Waals surface area contributed by atoms with Crippen LogP contribution in [0.1, 0.15) is 6.42 Å². The fourth-order valence-corrected chi connectivity index (χ4v) is 4.05. The first-order chi connectivity index (χ1) is 9.20. The highest BCUT2D eigenvalue weighted by Crippen LogP contribution is 2.20. The van der Waals surface area contributed by atoms with E-state index in [0.29, 0.717) is 19.5 Å². The molecule has 1 atom stereocenters. The van der Waals surface area contributed by atoms with Crippen LogP contribution in [0.3, 0.4) is 0 Å². The number of sulfonamides is 1. The van der Waals surface area contributed by atoms with Gasteiger partial charge in [-0.25, -0.2) is 25.9 Å². The fourth-order valence-electron chi connectivity index (χ4n) is 1.96. The van der Waals surface area contributed by atoms with E-state index in [1.807, 2.05) is 0 Å². The Morgan fingerprint density at radius 1 is 1.30 bits per heavy atom. The molecule has 0 radical (unpaired) electrons. The predicted molar refractivity (Wildman–Crippen MR) is 71.1 cm³/mol. The van der Waals surface area contributed by atoms with Crippen LogP contribution in [0, 0.1) is 5.82 Å². The highest BCUT2D eigenvalue weighted by Gasteiger charge is 2.26. The quantitative estimate of drug-likeness (QED) is 0.753. The molecule has 9 heteroatoms. The van der Waals surface area contributed by atoms with E-state index in [1.165, 1.54) is 0 Å². The van der Waals surface area contributed by atoms with Crippen LogP contribution in [0.15, 0.2) is 28.0 Å². The van der Waals surface area contributed by atoms with E-state index in [-0.39, 0.29) is 10.9 Å². The molecule has 1 saturated heterocycles. The van der Waals surface area contributed by atoms with Gasteiger partial charge in [0.25, 0.3) is 0 Å². The Kier molecular flexibility index (Phi) is 4.14. The van der Waals surface area contributed by atoms with Crippen molar-refractivity contribution in [2.45, 2.75) is 22.3 Å². The zero-order chi connectivity index (χ0) is 15.0. The van der Waals surface area contributed by atoms with Crippen LogP contribution in [0.25, 0.3) is 0 Å². The Hall–Kier alpha value is -1.03. The summed E-state index contributed by atoms with van der Waals surface area (Å²) in [4.78, 5) is -0.879. The third kappa shape index (κ3) is 3.35. The van der Waals surface area contributed by atoms with Gasteiger partial charge >= 0.3 is 0 Å². The maximum atomic E-state index is 13.7. The lowest BCUT2D eigenvalue weighted by Gasteiger charge is -2.13. The van der Waals surface area contributed by atoms with Gasteiger partial charge in [0.2, 0.25) is 10.0 Å². The minimum Gasteiger partial charge on any atom is -0.315 e. The zero-order valence-corrected chi connectivity index (χ0v) is 12.4.